The summed E-state index contributed by atoms with van der Waals surface area (Å²) in [5, 5.41) is 13.5. The van der Waals surface area contributed by atoms with E-state index < -0.39 is 11.8 Å². The number of carbonyl (C=O) groups is 4. The molecule has 4 N–H and O–H groups in total. The van der Waals surface area contributed by atoms with Gasteiger partial charge < -0.3 is 21.3 Å². The Morgan fingerprint density at radius 3 is 0.923 bits per heavy atom. The van der Waals surface area contributed by atoms with Crippen molar-refractivity contribution >= 4 is 23.6 Å². The van der Waals surface area contributed by atoms with Crippen LogP contribution in [-0.4, -0.2) is 47.8 Å². The molecule has 0 aromatic rings. The van der Waals surface area contributed by atoms with Gasteiger partial charge in [-0.1, -0.05) is 105 Å². The molecule has 4 fully saturated rings. The van der Waals surface area contributed by atoms with Crippen molar-refractivity contribution in [2.24, 2.45) is 35.5 Å². The van der Waals surface area contributed by atoms with Gasteiger partial charge in [-0.25, -0.2) is 0 Å². The molecule has 4 saturated carbocycles. The zero-order valence-electron chi connectivity index (χ0n) is 33.8. The van der Waals surface area contributed by atoms with Crippen LogP contribution in [0.4, 0.5) is 0 Å². The summed E-state index contributed by atoms with van der Waals surface area (Å²) in [5.41, 5.74) is 0. The molecule has 10 unspecified atom stereocenters. The van der Waals surface area contributed by atoms with Crippen LogP contribution in [0.25, 0.3) is 0 Å². The summed E-state index contributed by atoms with van der Waals surface area (Å²) in [6.07, 6.45) is 25.7. The molecule has 8 heteroatoms. The SMILES string of the molecule is CCCC1CCCCC1NC(=O)CC(C(=O)NC1CCCCC1CCC)C(CC(=O)NC1CCCCC1CCC)C(=O)NC1CCCCC1CCC. The molecular weight excluding hydrogens is 649 g/mol. The molecule has 0 radical (unpaired) electrons. The molecule has 4 aliphatic rings. The summed E-state index contributed by atoms with van der Waals surface area (Å²) in [5.74, 6) is -0.861. The molecule has 8 nitrogen and oxygen atoms in total. The predicted molar refractivity (Wildman–Crippen MR) is 211 cm³/mol. The highest BCUT2D eigenvalue weighted by Gasteiger charge is 2.41. The van der Waals surface area contributed by atoms with Crippen LogP contribution in [0.5, 0.6) is 0 Å². The van der Waals surface area contributed by atoms with Crippen LogP contribution in [-0.2, 0) is 19.2 Å². The van der Waals surface area contributed by atoms with Gasteiger partial charge in [0.1, 0.15) is 0 Å². The van der Waals surface area contributed by atoms with E-state index >= 15 is 0 Å². The Balaban J connectivity index is 1.62. The van der Waals surface area contributed by atoms with E-state index in [4.69, 9.17) is 0 Å². The molecule has 10 atom stereocenters. The summed E-state index contributed by atoms with van der Waals surface area (Å²) in [6, 6.07) is 0.292. The number of hydrogen-bond donors (Lipinski definition) is 4. The normalized spacial score (nSPS) is 30.8. The van der Waals surface area contributed by atoms with Crippen LogP contribution in [0, 0.1) is 35.5 Å². The minimum absolute atomic E-state index is 0.0425. The Morgan fingerprint density at radius 1 is 0.404 bits per heavy atom. The Labute approximate surface area is 317 Å². The van der Waals surface area contributed by atoms with E-state index in [0.29, 0.717) is 23.7 Å². The standard InChI is InChI=1S/C44H78N4O4/c1-5-17-31-21-9-13-25-37(31)45-41(49)29-35(43(51)47-39-27-15-11-23-33(39)19-7-3)36(44(52)48-40-28-16-12-24-34(40)20-8-4)30-42(50)46-38-26-14-10-22-32(38)18-6-2/h31-40H,5-30H2,1-4H3,(H,45,49)(H,46,50)(H,47,51)(H,48,52). The average Bonchev–Trinajstić information content (AvgIpc) is 3.13. The molecule has 52 heavy (non-hydrogen) atoms. The van der Waals surface area contributed by atoms with Gasteiger partial charge >= 0.3 is 0 Å². The van der Waals surface area contributed by atoms with Crippen molar-refractivity contribution in [1.82, 2.24) is 21.3 Å². The summed E-state index contributed by atoms with van der Waals surface area (Å²) < 4.78 is 0. The molecule has 4 amide bonds. The summed E-state index contributed by atoms with van der Waals surface area (Å²) in [4.78, 5) is 57.5. The van der Waals surface area contributed by atoms with Crippen molar-refractivity contribution in [2.75, 3.05) is 0 Å². The highest BCUT2D eigenvalue weighted by atomic mass is 16.2. The zero-order valence-corrected chi connectivity index (χ0v) is 33.8. The molecular formula is C44H78N4O4. The van der Waals surface area contributed by atoms with Crippen LogP contribution in [0.1, 0.15) is 195 Å². The average molecular weight is 727 g/mol. The lowest BCUT2D eigenvalue weighted by Gasteiger charge is -2.37. The number of rotatable bonds is 19. The fourth-order valence-corrected chi connectivity index (χ4v) is 10.8. The van der Waals surface area contributed by atoms with Crippen molar-refractivity contribution in [3.05, 3.63) is 0 Å². The van der Waals surface area contributed by atoms with Gasteiger partial charge in [-0.2, -0.15) is 0 Å². The lowest BCUT2D eigenvalue weighted by atomic mass is 9.78. The number of nitrogens with one attached hydrogen (secondary N) is 4. The first kappa shape index (κ1) is 42.6. The number of carbonyl (C=O) groups excluding carboxylic acids is 4. The first-order valence-electron chi connectivity index (χ1n) is 22.5. The zero-order chi connectivity index (χ0) is 37.3. The summed E-state index contributed by atoms with van der Waals surface area (Å²) in [6.45, 7) is 8.80. The fourth-order valence-electron chi connectivity index (χ4n) is 10.8. The van der Waals surface area contributed by atoms with Gasteiger partial charge in [-0.15, -0.1) is 0 Å². The molecule has 0 spiro atoms. The van der Waals surface area contributed by atoms with Gasteiger partial charge in [0, 0.05) is 37.0 Å². The monoisotopic (exact) mass is 727 g/mol. The Hall–Kier alpha value is -2.12. The first-order chi connectivity index (χ1) is 25.3. The van der Waals surface area contributed by atoms with E-state index in [1.807, 2.05) is 0 Å². The molecule has 4 aliphatic carbocycles. The van der Waals surface area contributed by atoms with Crippen LogP contribution >= 0.6 is 0 Å². The maximum atomic E-state index is 14.7. The van der Waals surface area contributed by atoms with Crippen LogP contribution in [0.2, 0.25) is 0 Å². The molecule has 0 aromatic heterocycles. The van der Waals surface area contributed by atoms with E-state index in [-0.39, 0.29) is 60.6 Å². The van der Waals surface area contributed by atoms with Gasteiger partial charge in [-0.3, -0.25) is 19.2 Å². The second-order valence-electron chi connectivity index (χ2n) is 17.5. The van der Waals surface area contributed by atoms with Crippen LogP contribution in [0.15, 0.2) is 0 Å². The third kappa shape index (κ3) is 13.0. The van der Waals surface area contributed by atoms with Gasteiger partial charge in [0.2, 0.25) is 23.6 Å². The minimum atomic E-state index is -0.908. The largest absolute Gasteiger partial charge is 0.353 e. The predicted octanol–water partition coefficient (Wildman–Crippen LogP) is 8.90. The molecule has 4 rings (SSSR count). The molecule has 298 valence electrons. The molecule has 0 heterocycles. The summed E-state index contributed by atoms with van der Waals surface area (Å²) in [7, 11) is 0. The second kappa shape index (κ2) is 22.9. The van der Waals surface area contributed by atoms with Gasteiger partial charge in [0.05, 0.1) is 11.8 Å². The second-order valence-corrected chi connectivity index (χ2v) is 17.5. The Bertz CT molecular complexity index is 1010. The molecule has 0 aliphatic heterocycles. The van der Waals surface area contributed by atoms with E-state index in [0.717, 1.165) is 128 Å². The van der Waals surface area contributed by atoms with Gasteiger partial charge in [0.25, 0.3) is 0 Å². The van der Waals surface area contributed by atoms with Crippen molar-refractivity contribution in [3.63, 3.8) is 0 Å². The van der Waals surface area contributed by atoms with E-state index in [9.17, 15) is 19.2 Å². The topological polar surface area (TPSA) is 116 Å². The maximum Gasteiger partial charge on any atom is 0.224 e. The number of hydrogen-bond acceptors (Lipinski definition) is 4. The Morgan fingerprint density at radius 2 is 0.654 bits per heavy atom. The molecule has 0 saturated heterocycles. The first-order valence-corrected chi connectivity index (χ1v) is 22.5. The maximum absolute atomic E-state index is 14.7. The third-order valence-electron chi connectivity index (χ3n) is 13.6. The number of amides is 4. The van der Waals surface area contributed by atoms with Crippen molar-refractivity contribution in [2.45, 2.75) is 219 Å². The van der Waals surface area contributed by atoms with Crippen molar-refractivity contribution in [1.29, 1.82) is 0 Å². The summed E-state index contributed by atoms with van der Waals surface area (Å²) >= 11 is 0. The quantitative estimate of drug-likeness (QED) is 0.106. The highest BCUT2D eigenvalue weighted by Crippen LogP contribution is 2.34. The lowest BCUT2D eigenvalue weighted by Crippen LogP contribution is -2.53. The van der Waals surface area contributed by atoms with Crippen LogP contribution < -0.4 is 21.3 Å². The van der Waals surface area contributed by atoms with Gasteiger partial charge in [0.15, 0.2) is 0 Å². The van der Waals surface area contributed by atoms with Crippen molar-refractivity contribution in [3.8, 4) is 0 Å². The smallest absolute Gasteiger partial charge is 0.224 e. The minimum Gasteiger partial charge on any atom is -0.353 e. The van der Waals surface area contributed by atoms with E-state index in [1.54, 1.807) is 0 Å². The van der Waals surface area contributed by atoms with E-state index in [1.165, 1.54) is 25.7 Å². The lowest BCUT2D eigenvalue weighted by molar-refractivity contribution is -0.141. The van der Waals surface area contributed by atoms with Gasteiger partial charge in [-0.05, 0) is 101 Å². The fraction of sp³-hybridized carbons (Fsp3) is 0.909. The molecule has 0 aromatic carbocycles. The third-order valence-corrected chi connectivity index (χ3v) is 13.6. The Kier molecular flexibility index (Phi) is 18.8. The molecule has 0 bridgehead atoms. The van der Waals surface area contributed by atoms with Crippen LogP contribution in [0.3, 0.4) is 0 Å². The van der Waals surface area contributed by atoms with E-state index in [2.05, 4.69) is 49.0 Å². The highest BCUT2D eigenvalue weighted by molar-refractivity contribution is 5.94. The van der Waals surface area contributed by atoms with Crippen molar-refractivity contribution < 1.29 is 19.2 Å².